The molecule has 368 valence electrons. The smallest absolute Gasteiger partial charge is 0.306 e. The van der Waals surface area contributed by atoms with E-state index in [1.807, 2.05) is 24.3 Å². The van der Waals surface area contributed by atoms with E-state index in [4.69, 9.17) is 14.2 Å². The van der Waals surface area contributed by atoms with Gasteiger partial charge >= 0.3 is 17.9 Å². The summed E-state index contributed by atoms with van der Waals surface area (Å²) in [5.41, 5.74) is 0. The van der Waals surface area contributed by atoms with E-state index < -0.39 is 6.10 Å². The molecule has 0 aliphatic carbocycles. The van der Waals surface area contributed by atoms with Gasteiger partial charge in [0.05, 0.1) is 0 Å². The summed E-state index contributed by atoms with van der Waals surface area (Å²) in [5.74, 6) is -0.950. The van der Waals surface area contributed by atoms with E-state index in [2.05, 4.69) is 106 Å². The minimum Gasteiger partial charge on any atom is -0.462 e. The Kier molecular flexibility index (Phi) is 49.5. The Hall–Kier alpha value is -3.93. The molecule has 0 aliphatic rings. The van der Waals surface area contributed by atoms with E-state index in [0.717, 1.165) is 109 Å². The van der Waals surface area contributed by atoms with Crippen molar-refractivity contribution >= 4 is 17.9 Å². The fraction of sp³-hybridized carbons (Fsp3) is 0.644. The van der Waals surface area contributed by atoms with Crippen LogP contribution in [0.2, 0.25) is 0 Å². The minimum absolute atomic E-state index is 0.0983. The Balaban J connectivity index is 4.44. The summed E-state index contributed by atoms with van der Waals surface area (Å²) >= 11 is 0. The Morgan fingerprint density at radius 1 is 0.323 bits per heavy atom. The van der Waals surface area contributed by atoms with Crippen LogP contribution in [0.15, 0.2) is 109 Å². The maximum Gasteiger partial charge on any atom is 0.306 e. The van der Waals surface area contributed by atoms with Gasteiger partial charge in [0, 0.05) is 19.3 Å². The molecule has 0 saturated heterocycles. The predicted molar refractivity (Wildman–Crippen MR) is 279 cm³/mol. The van der Waals surface area contributed by atoms with Gasteiger partial charge in [0.15, 0.2) is 6.10 Å². The lowest BCUT2D eigenvalue weighted by Crippen LogP contribution is -2.30. The standard InChI is InChI=1S/C59H96O6/c1-4-7-10-13-16-19-22-25-27-28-29-30-32-34-37-40-43-46-49-52-58(61)64-55-56(54-63-57(60)51-48-45-42-39-36-33-24-21-18-15-12-9-6-3)65-59(62)53-50-47-44-41-38-35-31-26-23-20-17-14-11-8-5-2/h8-9,11-12,14-26,31,56H,4-7,10,13,27-30,32-55H2,1-3H3/b11-8-,12-9-,17-14-,18-15-,19-16-,23-20-,24-21-,25-22-,31-26-. The zero-order chi connectivity index (χ0) is 47.2. The molecule has 1 atom stereocenters. The summed E-state index contributed by atoms with van der Waals surface area (Å²) in [4.78, 5) is 38.0. The molecule has 0 bridgehead atoms. The number of carbonyl (C=O) groups is 3. The number of esters is 3. The number of ether oxygens (including phenoxy) is 3. The average Bonchev–Trinajstić information content (AvgIpc) is 3.30. The van der Waals surface area contributed by atoms with Crippen LogP contribution in [0.1, 0.15) is 226 Å². The number of hydrogen-bond acceptors (Lipinski definition) is 6. The highest BCUT2D eigenvalue weighted by Crippen LogP contribution is 2.14. The Morgan fingerprint density at radius 2 is 0.600 bits per heavy atom. The molecule has 0 saturated carbocycles. The van der Waals surface area contributed by atoms with Gasteiger partial charge in [0.1, 0.15) is 13.2 Å². The SMILES string of the molecule is CC\C=C/C=C\C=C/C=C\CCCCCCCC(=O)OC(COC(=O)CCCCCCC\C=C/C=C\C=C/CC)COC(=O)CCCCCCCCCCCC/C=C\C=C/CCCCC. The van der Waals surface area contributed by atoms with Crippen LogP contribution in [0.4, 0.5) is 0 Å². The Labute approximate surface area is 400 Å². The van der Waals surface area contributed by atoms with E-state index in [-0.39, 0.29) is 31.1 Å². The molecular formula is C59H96O6. The van der Waals surface area contributed by atoms with E-state index in [9.17, 15) is 14.4 Å². The van der Waals surface area contributed by atoms with E-state index in [1.54, 1.807) is 0 Å². The van der Waals surface area contributed by atoms with E-state index in [1.165, 1.54) is 77.0 Å². The third-order valence-corrected chi connectivity index (χ3v) is 10.9. The molecule has 0 aromatic carbocycles. The first kappa shape index (κ1) is 61.1. The second-order valence-electron chi connectivity index (χ2n) is 17.2. The van der Waals surface area contributed by atoms with Gasteiger partial charge in [-0.05, 0) is 83.5 Å². The zero-order valence-corrected chi connectivity index (χ0v) is 42.0. The van der Waals surface area contributed by atoms with Crippen molar-refractivity contribution in [2.24, 2.45) is 0 Å². The molecule has 0 amide bonds. The molecule has 0 aromatic heterocycles. The molecule has 0 N–H and O–H groups in total. The van der Waals surface area contributed by atoms with Crippen molar-refractivity contribution < 1.29 is 28.6 Å². The Morgan fingerprint density at radius 3 is 0.954 bits per heavy atom. The summed E-state index contributed by atoms with van der Waals surface area (Å²) in [6.07, 6.45) is 70.7. The highest BCUT2D eigenvalue weighted by molar-refractivity contribution is 5.71. The van der Waals surface area contributed by atoms with Crippen molar-refractivity contribution in [1.82, 2.24) is 0 Å². The third-order valence-electron chi connectivity index (χ3n) is 10.9. The van der Waals surface area contributed by atoms with Crippen molar-refractivity contribution in [3.05, 3.63) is 109 Å². The van der Waals surface area contributed by atoms with Gasteiger partial charge in [-0.2, -0.15) is 0 Å². The van der Waals surface area contributed by atoms with E-state index in [0.29, 0.717) is 19.3 Å². The number of hydrogen-bond donors (Lipinski definition) is 0. The van der Waals surface area contributed by atoms with Crippen molar-refractivity contribution in [3.63, 3.8) is 0 Å². The summed E-state index contributed by atoms with van der Waals surface area (Å²) in [5, 5.41) is 0. The maximum absolute atomic E-state index is 12.8. The third kappa shape index (κ3) is 50.9. The predicted octanol–water partition coefficient (Wildman–Crippen LogP) is 17.5. The lowest BCUT2D eigenvalue weighted by molar-refractivity contribution is -0.167. The zero-order valence-electron chi connectivity index (χ0n) is 42.0. The Bertz CT molecular complexity index is 1360. The molecule has 6 heteroatoms. The van der Waals surface area contributed by atoms with Crippen molar-refractivity contribution in [1.29, 1.82) is 0 Å². The first-order valence-electron chi connectivity index (χ1n) is 26.5. The van der Waals surface area contributed by atoms with Crippen LogP contribution in [0.5, 0.6) is 0 Å². The van der Waals surface area contributed by atoms with Gasteiger partial charge in [0.25, 0.3) is 0 Å². The fourth-order valence-electron chi connectivity index (χ4n) is 6.97. The molecular weight excluding hydrogens is 805 g/mol. The van der Waals surface area contributed by atoms with Gasteiger partial charge in [-0.1, -0.05) is 233 Å². The van der Waals surface area contributed by atoms with Crippen LogP contribution in [-0.4, -0.2) is 37.2 Å². The second-order valence-corrected chi connectivity index (χ2v) is 17.2. The minimum atomic E-state index is -0.802. The summed E-state index contributed by atoms with van der Waals surface area (Å²) in [6, 6.07) is 0. The van der Waals surface area contributed by atoms with Crippen molar-refractivity contribution in [3.8, 4) is 0 Å². The highest BCUT2D eigenvalue weighted by Gasteiger charge is 2.19. The summed E-state index contributed by atoms with van der Waals surface area (Å²) in [7, 11) is 0. The number of carbonyl (C=O) groups excluding carboxylic acids is 3. The van der Waals surface area contributed by atoms with Gasteiger partial charge in [-0.25, -0.2) is 0 Å². The molecule has 0 spiro atoms. The molecule has 0 aromatic rings. The second kappa shape index (κ2) is 52.7. The number of allylic oxidation sites excluding steroid dienone is 18. The quantitative estimate of drug-likeness (QED) is 0.0262. The average molecular weight is 901 g/mol. The van der Waals surface area contributed by atoms with Crippen molar-refractivity contribution in [2.45, 2.75) is 232 Å². The topological polar surface area (TPSA) is 78.9 Å². The maximum atomic E-state index is 12.8. The monoisotopic (exact) mass is 901 g/mol. The lowest BCUT2D eigenvalue weighted by Gasteiger charge is -2.18. The normalized spacial score (nSPS) is 13.0. The van der Waals surface area contributed by atoms with Gasteiger partial charge in [-0.15, -0.1) is 0 Å². The molecule has 0 radical (unpaired) electrons. The number of unbranched alkanes of at least 4 members (excludes halogenated alkanes) is 23. The molecule has 1 unspecified atom stereocenters. The first-order valence-corrected chi connectivity index (χ1v) is 26.5. The van der Waals surface area contributed by atoms with Crippen LogP contribution in [-0.2, 0) is 28.6 Å². The van der Waals surface area contributed by atoms with Gasteiger partial charge in [0.2, 0.25) is 0 Å². The first-order chi connectivity index (χ1) is 32.0. The largest absolute Gasteiger partial charge is 0.462 e. The van der Waals surface area contributed by atoms with Crippen LogP contribution in [0, 0.1) is 0 Å². The van der Waals surface area contributed by atoms with Crippen molar-refractivity contribution in [2.75, 3.05) is 13.2 Å². The molecule has 0 aliphatic heterocycles. The molecule has 6 nitrogen and oxygen atoms in total. The summed E-state index contributed by atoms with van der Waals surface area (Å²) in [6.45, 7) is 6.29. The van der Waals surface area contributed by atoms with Gasteiger partial charge < -0.3 is 14.2 Å². The molecule has 0 rings (SSSR count). The fourth-order valence-corrected chi connectivity index (χ4v) is 6.97. The lowest BCUT2D eigenvalue weighted by atomic mass is 10.1. The van der Waals surface area contributed by atoms with Crippen LogP contribution in [0.25, 0.3) is 0 Å². The van der Waals surface area contributed by atoms with Gasteiger partial charge in [-0.3, -0.25) is 14.4 Å². The highest BCUT2D eigenvalue weighted by atomic mass is 16.6. The van der Waals surface area contributed by atoms with Crippen LogP contribution >= 0.6 is 0 Å². The van der Waals surface area contributed by atoms with Crippen LogP contribution < -0.4 is 0 Å². The molecule has 65 heavy (non-hydrogen) atoms. The van der Waals surface area contributed by atoms with E-state index >= 15 is 0 Å². The molecule has 0 heterocycles. The van der Waals surface area contributed by atoms with Crippen LogP contribution in [0.3, 0.4) is 0 Å². The summed E-state index contributed by atoms with van der Waals surface area (Å²) < 4.78 is 16.8. The number of rotatable bonds is 46. The molecule has 0 fully saturated rings.